The van der Waals surface area contributed by atoms with Gasteiger partial charge >= 0.3 is 0 Å². The lowest BCUT2D eigenvalue weighted by Crippen LogP contribution is -1.95. The van der Waals surface area contributed by atoms with Gasteiger partial charge in [0, 0.05) is 17.8 Å². The smallest absolute Gasteiger partial charge is 0.132 e. The van der Waals surface area contributed by atoms with Crippen molar-refractivity contribution in [2.75, 3.05) is 0 Å². The number of rotatable bonds is 2. The van der Waals surface area contributed by atoms with Crippen LogP contribution in [0.5, 0.6) is 0 Å². The van der Waals surface area contributed by atoms with Gasteiger partial charge in [0.15, 0.2) is 0 Å². The quantitative estimate of drug-likeness (QED) is 0.787. The van der Waals surface area contributed by atoms with Crippen molar-refractivity contribution < 1.29 is 4.39 Å². The van der Waals surface area contributed by atoms with E-state index in [0.29, 0.717) is 17.8 Å². The highest BCUT2D eigenvalue weighted by atomic mass is 19.1. The van der Waals surface area contributed by atoms with Crippen LogP contribution in [0.25, 0.3) is 11.3 Å². The summed E-state index contributed by atoms with van der Waals surface area (Å²) < 4.78 is 13.6. The lowest BCUT2D eigenvalue weighted by molar-refractivity contribution is 0.629. The van der Waals surface area contributed by atoms with E-state index in [4.69, 9.17) is 5.73 Å². The number of hydrogen-bond donors (Lipinski definition) is 2. The summed E-state index contributed by atoms with van der Waals surface area (Å²) in [6.45, 7) is 2.23. The monoisotopic (exact) mass is 205 g/mol. The summed E-state index contributed by atoms with van der Waals surface area (Å²) in [5.41, 5.74) is 8.22. The van der Waals surface area contributed by atoms with E-state index in [-0.39, 0.29) is 5.82 Å². The molecule has 0 aliphatic heterocycles. The van der Waals surface area contributed by atoms with Crippen molar-refractivity contribution in [3.05, 3.63) is 41.3 Å². The molecule has 78 valence electrons. The molecule has 15 heavy (non-hydrogen) atoms. The molecule has 0 amide bonds. The van der Waals surface area contributed by atoms with E-state index in [2.05, 4.69) is 10.2 Å². The number of aryl methyl sites for hydroxylation is 1. The van der Waals surface area contributed by atoms with Crippen LogP contribution in [0.3, 0.4) is 0 Å². The third-order valence-electron chi connectivity index (χ3n) is 2.25. The van der Waals surface area contributed by atoms with Crippen molar-refractivity contribution in [1.82, 2.24) is 10.2 Å². The van der Waals surface area contributed by atoms with E-state index in [1.807, 2.05) is 13.0 Å². The van der Waals surface area contributed by atoms with Crippen LogP contribution in [0.15, 0.2) is 24.3 Å². The van der Waals surface area contributed by atoms with Gasteiger partial charge in [0.25, 0.3) is 0 Å². The van der Waals surface area contributed by atoms with Crippen LogP contribution in [-0.4, -0.2) is 10.2 Å². The summed E-state index contributed by atoms with van der Waals surface area (Å²) in [4.78, 5) is 0. The Labute approximate surface area is 87.1 Å². The molecule has 1 heterocycles. The maximum atomic E-state index is 13.6. The van der Waals surface area contributed by atoms with Crippen molar-refractivity contribution in [3.63, 3.8) is 0 Å². The highest BCUT2D eigenvalue weighted by Gasteiger charge is 2.08. The zero-order chi connectivity index (χ0) is 10.8. The first-order chi connectivity index (χ1) is 7.20. The number of nitrogens with two attached hydrogens (primary N) is 1. The minimum atomic E-state index is -0.259. The molecule has 1 aromatic heterocycles. The van der Waals surface area contributed by atoms with Crippen LogP contribution < -0.4 is 5.73 Å². The van der Waals surface area contributed by atoms with E-state index in [9.17, 15) is 4.39 Å². The van der Waals surface area contributed by atoms with E-state index in [0.717, 1.165) is 11.3 Å². The molecule has 0 spiro atoms. The van der Waals surface area contributed by atoms with Crippen molar-refractivity contribution in [1.29, 1.82) is 0 Å². The summed E-state index contributed by atoms with van der Waals surface area (Å²) in [7, 11) is 0. The second-order valence-corrected chi connectivity index (χ2v) is 3.47. The number of nitrogens with zero attached hydrogens (tertiary/aromatic N) is 1. The molecule has 3 N–H and O–H groups in total. The molecule has 4 heteroatoms. The van der Waals surface area contributed by atoms with Gasteiger partial charge in [0.1, 0.15) is 5.82 Å². The van der Waals surface area contributed by atoms with Crippen LogP contribution in [0.1, 0.15) is 11.3 Å². The Kier molecular flexibility index (Phi) is 2.51. The first kappa shape index (κ1) is 9.86. The predicted molar refractivity (Wildman–Crippen MR) is 56.6 cm³/mol. The largest absolute Gasteiger partial charge is 0.325 e. The number of hydrogen-bond acceptors (Lipinski definition) is 2. The molecule has 2 rings (SSSR count). The number of benzene rings is 1. The van der Waals surface area contributed by atoms with Crippen LogP contribution in [0, 0.1) is 12.7 Å². The Hall–Kier alpha value is -1.68. The average molecular weight is 205 g/mol. The van der Waals surface area contributed by atoms with Crippen LogP contribution in [0.4, 0.5) is 4.39 Å². The van der Waals surface area contributed by atoms with E-state index < -0.39 is 0 Å². The Balaban J connectivity index is 2.44. The van der Waals surface area contributed by atoms with Crippen LogP contribution >= 0.6 is 0 Å². The third-order valence-corrected chi connectivity index (χ3v) is 2.25. The van der Waals surface area contributed by atoms with E-state index in [1.165, 1.54) is 6.07 Å². The number of aromatic nitrogens is 2. The zero-order valence-electron chi connectivity index (χ0n) is 8.42. The fraction of sp³-hybridized carbons (Fsp3) is 0.182. The minimum absolute atomic E-state index is 0.259. The first-order valence-electron chi connectivity index (χ1n) is 4.71. The summed E-state index contributed by atoms with van der Waals surface area (Å²) in [5, 5.41) is 6.76. The van der Waals surface area contributed by atoms with Gasteiger partial charge < -0.3 is 5.73 Å². The highest BCUT2D eigenvalue weighted by molar-refractivity contribution is 5.60. The van der Waals surface area contributed by atoms with Crippen molar-refractivity contribution >= 4 is 0 Å². The summed E-state index contributed by atoms with van der Waals surface area (Å²) in [5.74, 6) is -0.259. The number of aromatic amines is 1. The Bertz CT molecular complexity index is 476. The van der Waals surface area contributed by atoms with Gasteiger partial charge in [-0.15, -0.1) is 0 Å². The molecule has 0 aliphatic carbocycles. The first-order valence-corrected chi connectivity index (χ1v) is 4.71. The van der Waals surface area contributed by atoms with E-state index in [1.54, 1.807) is 12.1 Å². The molecule has 2 aromatic rings. The van der Waals surface area contributed by atoms with Crippen molar-refractivity contribution in [2.45, 2.75) is 13.5 Å². The molecule has 0 radical (unpaired) electrons. The van der Waals surface area contributed by atoms with E-state index >= 15 is 0 Å². The second-order valence-electron chi connectivity index (χ2n) is 3.47. The molecule has 3 nitrogen and oxygen atoms in total. The number of H-pyrrole nitrogens is 1. The lowest BCUT2D eigenvalue weighted by atomic mass is 10.1. The Morgan fingerprint density at radius 2 is 2.20 bits per heavy atom. The SMILES string of the molecule is Cc1ccc(-c2cc(CN)[nH]n2)c(F)c1. The minimum Gasteiger partial charge on any atom is -0.325 e. The molecule has 0 saturated carbocycles. The van der Waals surface area contributed by atoms with Gasteiger partial charge in [0.05, 0.1) is 5.69 Å². The topological polar surface area (TPSA) is 54.7 Å². The fourth-order valence-corrected chi connectivity index (χ4v) is 1.43. The standard InChI is InChI=1S/C11H12FN3/c1-7-2-3-9(10(12)4-7)11-5-8(6-13)14-15-11/h2-5H,6,13H2,1H3,(H,14,15). The normalized spacial score (nSPS) is 10.6. The van der Waals surface area contributed by atoms with Crippen molar-refractivity contribution in [2.24, 2.45) is 5.73 Å². The van der Waals surface area contributed by atoms with Gasteiger partial charge in [-0.1, -0.05) is 6.07 Å². The third kappa shape index (κ3) is 1.89. The second kappa shape index (κ2) is 3.82. The fourth-order valence-electron chi connectivity index (χ4n) is 1.43. The maximum absolute atomic E-state index is 13.6. The summed E-state index contributed by atoms with van der Waals surface area (Å²) in [6.07, 6.45) is 0. The molecule has 0 aliphatic rings. The zero-order valence-corrected chi connectivity index (χ0v) is 8.42. The van der Waals surface area contributed by atoms with Crippen LogP contribution in [0.2, 0.25) is 0 Å². The molecule has 1 aromatic carbocycles. The molecule has 0 unspecified atom stereocenters. The van der Waals surface area contributed by atoms with Crippen molar-refractivity contribution in [3.8, 4) is 11.3 Å². The molecule has 0 fully saturated rings. The van der Waals surface area contributed by atoms with Gasteiger partial charge in [-0.2, -0.15) is 5.10 Å². The molecular weight excluding hydrogens is 193 g/mol. The Morgan fingerprint density at radius 1 is 1.40 bits per heavy atom. The molecule has 0 atom stereocenters. The Morgan fingerprint density at radius 3 is 2.80 bits per heavy atom. The van der Waals surface area contributed by atoms with Gasteiger partial charge in [-0.25, -0.2) is 4.39 Å². The summed E-state index contributed by atoms with van der Waals surface area (Å²) in [6, 6.07) is 6.83. The van der Waals surface area contributed by atoms with Gasteiger partial charge in [-0.3, -0.25) is 5.10 Å². The molecule has 0 saturated heterocycles. The lowest BCUT2D eigenvalue weighted by Gasteiger charge is -1.99. The highest BCUT2D eigenvalue weighted by Crippen LogP contribution is 2.21. The number of halogens is 1. The predicted octanol–water partition coefficient (Wildman–Crippen LogP) is 1.98. The molecule has 0 bridgehead atoms. The molecular formula is C11H12FN3. The summed E-state index contributed by atoms with van der Waals surface area (Å²) >= 11 is 0. The van der Waals surface area contributed by atoms with Gasteiger partial charge in [-0.05, 0) is 30.7 Å². The average Bonchev–Trinajstić information content (AvgIpc) is 2.66. The van der Waals surface area contributed by atoms with Gasteiger partial charge in [0.2, 0.25) is 0 Å². The van der Waals surface area contributed by atoms with Crippen LogP contribution in [-0.2, 0) is 6.54 Å². The number of nitrogens with one attached hydrogen (secondary N) is 1. The maximum Gasteiger partial charge on any atom is 0.132 e.